The highest BCUT2D eigenvalue weighted by Gasteiger charge is 2.45. The summed E-state index contributed by atoms with van der Waals surface area (Å²) in [7, 11) is -3.22. The zero-order valence-electron chi connectivity index (χ0n) is 15.1. The fraction of sp³-hybridized carbons (Fsp3) is 0.684. The molecular weight excluding hydrogens is 370 g/mol. The van der Waals surface area contributed by atoms with Crippen LogP contribution in [0, 0.1) is 5.92 Å². The second-order valence-corrected chi connectivity index (χ2v) is 10.4. The second-order valence-electron chi connectivity index (χ2n) is 7.88. The van der Waals surface area contributed by atoms with E-state index in [0.717, 1.165) is 43.8 Å². The Labute approximate surface area is 161 Å². The van der Waals surface area contributed by atoms with Crippen LogP contribution in [0.3, 0.4) is 0 Å². The summed E-state index contributed by atoms with van der Waals surface area (Å²) in [5.41, 5.74) is 8.21. The Kier molecular flexibility index (Phi) is 5.32. The maximum Gasteiger partial charge on any atom is 0.214 e. The first-order valence-electron chi connectivity index (χ1n) is 9.71. The fourth-order valence-corrected chi connectivity index (χ4v) is 7.15. The van der Waals surface area contributed by atoms with Gasteiger partial charge in [-0.2, -0.15) is 4.31 Å². The molecule has 0 radical (unpaired) electrons. The standard InChI is InChI=1S/C19H28ClN3O2S/c20-16-4-5-17-14(11-16)6-9-22-13-15-3-1-8-23(18(15)12-19(17)22)26(24,25)10-2-7-21/h4-5,11,15,18-19H,1-3,6-10,12-13,21H2/t15-,18+,19+/m1/s1. The Hall–Kier alpha value is -0.660. The number of fused-ring (bicyclic) bond motifs is 4. The highest BCUT2D eigenvalue weighted by molar-refractivity contribution is 7.89. The molecule has 2 N–H and O–H groups in total. The van der Waals surface area contributed by atoms with Gasteiger partial charge in [-0.25, -0.2) is 8.42 Å². The molecule has 4 rings (SSSR count). The quantitative estimate of drug-likeness (QED) is 0.847. The Bertz CT molecular complexity index is 770. The van der Waals surface area contributed by atoms with Gasteiger partial charge in [0.2, 0.25) is 10.0 Å². The average molecular weight is 398 g/mol. The molecule has 3 heterocycles. The number of piperidine rings is 2. The number of sulfonamides is 1. The average Bonchev–Trinajstić information content (AvgIpc) is 2.64. The summed E-state index contributed by atoms with van der Waals surface area (Å²) >= 11 is 6.18. The van der Waals surface area contributed by atoms with Gasteiger partial charge in [0.25, 0.3) is 0 Å². The Morgan fingerprint density at radius 3 is 2.92 bits per heavy atom. The molecule has 144 valence electrons. The molecule has 1 aromatic rings. The third-order valence-corrected chi connectivity index (χ3v) is 8.55. The summed E-state index contributed by atoms with van der Waals surface area (Å²) in [6.45, 7) is 3.13. The van der Waals surface area contributed by atoms with Crippen LogP contribution in [0.2, 0.25) is 5.02 Å². The van der Waals surface area contributed by atoms with Crippen molar-refractivity contribution in [2.45, 2.75) is 44.2 Å². The third-order valence-electron chi connectivity index (χ3n) is 6.34. The van der Waals surface area contributed by atoms with E-state index in [9.17, 15) is 8.42 Å². The lowest BCUT2D eigenvalue weighted by Gasteiger charge is -2.51. The molecule has 0 amide bonds. The normalized spacial score (nSPS) is 29.7. The Morgan fingerprint density at radius 1 is 1.27 bits per heavy atom. The summed E-state index contributed by atoms with van der Waals surface area (Å²) in [5.74, 6) is 0.620. The van der Waals surface area contributed by atoms with E-state index in [4.69, 9.17) is 17.3 Å². The van der Waals surface area contributed by atoms with Crippen LogP contribution in [-0.4, -0.2) is 55.6 Å². The van der Waals surface area contributed by atoms with Crippen LogP contribution >= 0.6 is 11.6 Å². The molecule has 0 spiro atoms. The van der Waals surface area contributed by atoms with Crippen molar-refractivity contribution in [2.24, 2.45) is 11.7 Å². The van der Waals surface area contributed by atoms with Crippen molar-refractivity contribution >= 4 is 21.6 Å². The maximum atomic E-state index is 12.9. The highest BCUT2D eigenvalue weighted by atomic mass is 35.5. The molecule has 0 aliphatic carbocycles. The molecule has 2 fully saturated rings. The van der Waals surface area contributed by atoms with Gasteiger partial charge < -0.3 is 5.73 Å². The lowest BCUT2D eigenvalue weighted by Crippen LogP contribution is -2.57. The van der Waals surface area contributed by atoms with Crippen LogP contribution in [0.5, 0.6) is 0 Å². The van der Waals surface area contributed by atoms with Gasteiger partial charge in [-0.15, -0.1) is 0 Å². The molecule has 1 aromatic carbocycles. The number of benzene rings is 1. The van der Waals surface area contributed by atoms with Gasteiger partial charge in [0.15, 0.2) is 0 Å². The largest absolute Gasteiger partial charge is 0.330 e. The molecule has 26 heavy (non-hydrogen) atoms. The minimum atomic E-state index is -3.22. The molecular formula is C19H28ClN3O2S. The first kappa shape index (κ1) is 18.7. The van der Waals surface area contributed by atoms with Crippen molar-refractivity contribution in [1.82, 2.24) is 9.21 Å². The van der Waals surface area contributed by atoms with Crippen molar-refractivity contribution in [3.8, 4) is 0 Å². The lowest BCUT2D eigenvalue weighted by atomic mass is 9.77. The van der Waals surface area contributed by atoms with E-state index >= 15 is 0 Å². The molecule has 5 nitrogen and oxygen atoms in total. The number of nitrogens with zero attached hydrogens (tertiary/aromatic N) is 2. The van der Waals surface area contributed by atoms with Gasteiger partial charge >= 0.3 is 0 Å². The lowest BCUT2D eigenvalue weighted by molar-refractivity contribution is 0.0220. The molecule has 2 saturated heterocycles. The predicted molar refractivity (Wildman–Crippen MR) is 105 cm³/mol. The van der Waals surface area contributed by atoms with E-state index < -0.39 is 10.0 Å². The summed E-state index contributed by atoms with van der Waals surface area (Å²) in [4.78, 5) is 2.56. The number of hydrogen-bond acceptors (Lipinski definition) is 4. The molecule has 0 saturated carbocycles. The summed E-state index contributed by atoms with van der Waals surface area (Å²) < 4.78 is 27.6. The Balaban J connectivity index is 1.61. The monoisotopic (exact) mass is 397 g/mol. The topological polar surface area (TPSA) is 66.6 Å². The zero-order chi connectivity index (χ0) is 18.3. The fourth-order valence-electron chi connectivity index (χ4n) is 5.11. The van der Waals surface area contributed by atoms with E-state index in [1.807, 2.05) is 10.4 Å². The number of hydrogen-bond donors (Lipinski definition) is 1. The SMILES string of the molecule is NCCCS(=O)(=O)N1CCC[C@@H]2CN3CCc4cc(Cl)ccc4[C@@H]3C[C@@H]21. The Morgan fingerprint density at radius 2 is 2.12 bits per heavy atom. The van der Waals surface area contributed by atoms with E-state index in [0.29, 0.717) is 31.5 Å². The van der Waals surface area contributed by atoms with Gasteiger partial charge in [0.05, 0.1) is 5.75 Å². The van der Waals surface area contributed by atoms with Gasteiger partial charge in [-0.3, -0.25) is 4.90 Å². The second kappa shape index (κ2) is 7.40. The van der Waals surface area contributed by atoms with Gasteiger partial charge in [-0.05, 0) is 67.8 Å². The highest BCUT2D eigenvalue weighted by Crippen LogP contribution is 2.43. The van der Waals surface area contributed by atoms with Gasteiger partial charge in [0, 0.05) is 36.7 Å². The number of rotatable bonds is 4. The van der Waals surface area contributed by atoms with Crippen LogP contribution in [0.25, 0.3) is 0 Å². The third kappa shape index (κ3) is 3.42. The minimum absolute atomic E-state index is 0.120. The molecule has 3 atom stereocenters. The van der Waals surface area contributed by atoms with Crippen LogP contribution in [-0.2, 0) is 16.4 Å². The summed E-state index contributed by atoms with van der Waals surface area (Å²) in [6.07, 6.45) is 4.55. The molecule has 3 aliphatic rings. The van der Waals surface area contributed by atoms with Crippen LogP contribution < -0.4 is 5.73 Å². The zero-order valence-corrected chi connectivity index (χ0v) is 16.7. The van der Waals surface area contributed by atoms with Crippen LogP contribution in [0.4, 0.5) is 0 Å². The van der Waals surface area contributed by atoms with E-state index in [2.05, 4.69) is 17.0 Å². The minimum Gasteiger partial charge on any atom is -0.330 e. The maximum absolute atomic E-state index is 12.9. The van der Waals surface area contributed by atoms with E-state index in [-0.39, 0.29) is 11.8 Å². The number of nitrogens with two attached hydrogens (primary N) is 1. The van der Waals surface area contributed by atoms with Crippen molar-refractivity contribution in [1.29, 1.82) is 0 Å². The van der Waals surface area contributed by atoms with Gasteiger partial charge in [0.1, 0.15) is 0 Å². The van der Waals surface area contributed by atoms with Crippen molar-refractivity contribution in [3.05, 3.63) is 34.3 Å². The summed E-state index contributed by atoms with van der Waals surface area (Å²) in [6, 6.07) is 6.62. The predicted octanol–water partition coefficient (Wildman–Crippen LogP) is 2.40. The first-order chi connectivity index (χ1) is 12.5. The molecule has 0 aromatic heterocycles. The molecule has 7 heteroatoms. The van der Waals surface area contributed by atoms with Crippen molar-refractivity contribution < 1.29 is 8.42 Å². The molecule has 0 unspecified atom stereocenters. The van der Waals surface area contributed by atoms with Crippen molar-refractivity contribution in [3.63, 3.8) is 0 Å². The smallest absolute Gasteiger partial charge is 0.214 e. The first-order valence-corrected chi connectivity index (χ1v) is 11.7. The van der Waals surface area contributed by atoms with Crippen LogP contribution in [0.15, 0.2) is 18.2 Å². The summed E-state index contributed by atoms with van der Waals surface area (Å²) in [5, 5.41) is 0.787. The molecule has 0 bridgehead atoms. The van der Waals surface area contributed by atoms with Crippen molar-refractivity contribution in [2.75, 3.05) is 31.9 Å². The number of halogens is 1. The van der Waals surface area contributed by atoms with Crippen LogP contribution in [0.1, 0.15) is 42.9 Å². The van der Waals surface area contributed by atoms with E-state index in [1.165, 1.54) is 11.1 Å². The van der Waals surface area contributed by atoms with Gasteiger partial charge in [-0.1, -0.05) is 17.7 Å². The molecule has 3 aliphatic heterocycles. The van der Waals surface area contributed by atoms with E-state index in [1.54, 1.807) is 0 Å².